The summed E-state index contributed by atoms with van der Waals surface area (Å²) < 4.78 is 5.81. The van der Waals surface area contributed by atoms with Gasteiger partial charge in [0, 0.05) is 43.5 Å². The lowest BCUT2D eigenvalue weighted by atomic mass is 9.84. The van der Waals surface area contributed by atoms with Crippen molar-refractivity contribution in [3.8, 4) is 0 Å². The zero-order chi connectivity index (χ0) is 18.7. The van der Waals surface area contributed by atoms with E-state index in [-0.39, 0.29) is 11.4 Å². The molecule has 1 amide bonds. The fourth-order valence-corrected chi connectivity index (χ4v) is 4.15. The third-order valence-corrected chi connectivity index (χ3v) is 5.78. The van der Waals surface area contributed by atoms with E-state index < -0.39 is 0 Å². The normalized spacial score (nSPS) is 19.9. The fourth-order valence-electron chi connectivity index (χ4n) is 4.15. The number of rotatable bonds is 3. The van der Waals surface area contributed by atoms with Gasteiger partial charge in [-0.05, 0) is 31.0 Å². The molecule has 27 heavy (non-hydrogen) atoms. The molecule has 0 atom stereocenters. The zero-order valence-corrected chi connectivity index (χ0v) is 15.5. The summed E-state index contributed by atoms with van der Waals surface area (Å²) in [6.45, 7) is 4.50. The van der Waals surface area contributed by atoms with Crippen molar-refractivity contribution in [2.24, 2.45) is 0 Å². The molecular weight excluding hydrogens is 340 g/mol. The van der Waals surface area contributed by atoms with Gasteiger partial charge >= 0.3 is 0 Å². The van der Waals surface area contributed by atoms with Crippen molar-refractivity contribution < 1.29 is 9.53 Å². The Morgan fingerprint density at radius 2 is 1.89 bits per heavy atom. The lowest BCUT2D eigenvalue weighted by molar-refractivity contribution is -0.0784. The molecule has 1 aromatic carbocycles. The van der Waals surface area contributed by atoms with Gasteiger partial charge in [-0.1, -0.05) is 24.3 Å². The Hall–Kier alpha value is -2.44. The van der Waals surface area contributed by atoms with Crippen molar-refractivity contribution in [3.05, 3.63) is 59.8 Å². The standard InChI is InChI=1S/C21H26N4O2/c22-19-18(7-4-10-23-19)15-24-11-8-21(9-12-24)16-27-14-13-25(21)20(26)17-5-2-1-3-6-17/h1-7,10H,8-9,11-16H2,(H2,22,23). The molecule has 2 aliphatic rings. The molecule has 2 saturated heterocycles. The van der Waals surface area contributed by atoms with Gasteiger partial charge in [-0.15, -0.1) is 0 Å². The summed E-state index contributed by atoms with van der Waals surface area (Å²) in [4.78, 5) is 21.7. The van der Waals surface area contributed by atoms with Crippen LogP contribution >= 0.6 is 0 Å². The number of carbonyl (C=O) groups excluding carboxylic acids is 1. The van der Waals surface area contributed by atoms with Crippen molar-refractivity contribution >= 4 is 11.7 Å². The van der Waals surface area contributed by atoms with Gasteiger partial charge in [0.15, 0.2) is 0 Å². The fraction of sp³-hybridized carbons (Fsp3) is 0.429. The number of hydrogen-bond donors (Lipinski definition) is 1. The monoisotopic (exact) mass is 366 g/mol. The summed E-state index contributed by atoms with van der Waals surface area (Å²) in [5.74, 6) is 0.712. The number of aromatic nitrogens is 1. The molecule has 2 fully saturated rings. The molecule has 2 N–H and O–H groups in total. The van der Waals surface area contributed by atoms with E-state index in [0.29, 0.717) is 25.6 Å². The highest BCUT2D eigenvalue weighted by molar-refractivity contribution is 5.94. The summed E-state index contributed by atoms with van der Waals surface area (Å²) in [7, 11) is 0. The topological polar surface area (TPSA) is 71.7 Å². The Kier molecular flexibility index (Phi) is 5.09. The van der Waals surface area contributed by atoms with Gasteiger partial charge in [0.2, 0.25) is 0 Å². The molecule has 0 radical (unpaired) electrons. The van der Waals surface area contributed by atoms with Crippen LogP contribution in [0.15, 0.2) is 48.7 Å². The number of morpholine rings is 1. The number of nitrogen functional groups attached to an aromatic ring is 1. The largest absolute Gasteiger partial charge is 0.383 e. The van der Waals surface area contributed by atoms with Crippen LogP contribution in [-0.4, -0.2) is 59.1 Å². The lowest BCUT2D eigenvalue weighted by Crippen LogP contribution is -2.63. The van der Waals surface area contributed by atoms with E-state index in [4.69, 9.17) is 10.5 Å². The molecule has 2 aliphatic heterocycles. The van der Waals surface area contributed by atoms with Crippen molar-refractivity contribution in [3.63, 3.8) is 0 Å². The van der Waals surface area contributed by atoms with Gasteiger partial charge < -0.3 is 15.4 Å². The second-order valence-electron chi connectivity index (χ2n) is 7.42. The number of hydrogen-bond acceptors (Lipinski definition) is 5. The summed E-state index contributed by atoms with van der Waals surface area (Å²) >= 11 is 0. The molecule has 1 aromatic heterocycles. The predicted octanol–water partition coefficient (Wildman–Crippen LogP) is 2.17. The number of anilines is 1. The van der Waals surface area contributed by atoms with E-state index in [2.05, 4.69) is 14.8 Å². The highest BCUT2D eigenvalue weighted by atomic mass is 16.5. The van der Waals surface area contributed by atoms with Gasteiger partial charge in [-0.25, -0.2) is 4.98 Å². The quantitative estimate of drug-likeness (QED) is 0.901. The summed E-state index contributed by atoms with van der Waals surface area (Å²) in [6.07, 6.45) is 3.54. The van der Waals surface area contributed by atoms with E-state index in [0.717, 1.165) is 43.6 Å². The number of piperidine rings is 1. The van der Waals surface area contributed by atoms with E-state index in [1.165, 1.54) is 0 Å². The van der Waals surface area contributed by atoms with Crippen molar-refractivity contribution in [2.45, 2.75) is 24.9 Å². The smallest absolute Gasteiger partial charge is 0.254 e. The van der Waals surface area contributed by atoms with Crippen LogP contribution < -0.4 is 5.73 Å². The molecule has 0 saturated carbocycles. The maximum absolute atomic E-state index is 13.1. The Labute approximate surface area is 159 Å². The van der Waals surface area contributed by atoms with Gasteiger partial charge in [-0.3, -0.25) is 9.69 Å². The van der Waals surface area contributed by atoms with Crippen LogP contribution in [-0.2, 0) is 11.3 Å². The average molecular weight is 366 g/mol. The molecular formula is C21H26N4O2. The van der Waals surface area contributed by atoms with E-state index >= 15 is 0 Å². The zero-order valence-electron chi connectivity index (χ0n) is 15.5. The predicted molar refractivity (Wildman–Crippen MR) is 104 cm³/mol. The van der Waals surface area contributed by atoms with Crippen LogP contribution in [0, 0.1) is 0 Å². The van der Waals surface area contributed by atoms with Crippen molar-refractivity contribution in [1.82, 2.24) is 14.8 Å². The average Bonchev–Trinajstić information content (AvgIpc) is 2.72. The summed E-state index contributed by atoms with van der Waals surface area (Å²) in [6, 6.07) is 13.5. The van der Waals surface area contributed by atoms with Crippen LogP contribution in [0.25, 0.3) is 0 Å². The van der Waals surface area contributed by atoms with Gasteiger partial charge in [-0.2, -0.15) is 0 Å². The molecule has 3 heterocycles. The maximum Gasteiger partial charge on any atom is 0.254 e. The molecule has 2 aromatic rings. The number of carbonyl (C=O) groups is 1. The van der Waals surface area contributed by atoms with Crippen LogP contribution in [0.3, 0.4) is 0 Å². The van der Waals surface area contributed by atoms with Crippen molar-refractivity contribution in [1.29, 1.82) is 0 Å². The molecule has 0 bridgehead atoms. The minimum absolute atomic E-state index is 0.115. The molecule has 142 valence electrons. The Morgan fingerprint density at radius 3 is 2.63 bits per heavy atom. The molecule has 0 aliphatic carbocycles. The molecule has 0 unspecified atom stereocenters. The molecule has 4 rings (SSSR count). The van der Waals surface area contributed by atoms with Crippen LogP contribution in [0.2, 0.25) is 0 Å². The Morgan fingerprint density at radius 1 is 1.11 bits per heavy atom. The number of likely N-dealkylation sites (tertiary alicyclic amines) is 1. The molecule has 6 heteroatoms. The second kappa shape index (κ2) is 7.66. The number of amides is 1. The van der Waals surface area contributed by atoms with Crippen LogP contribution in [0.1, 0.15) is 28.8 Å². The SMILES string of the molecule is Nc1ncccc1CN1CCC2(CC1)COCCN2C(=O)c1ccccc1. The first-order valence-corrected chi connectivity index (χ1v) is 9.54. The third kappa shape index (κ3) is 3.68. The van der Waals surface area contributed by atoms with Crippen molar-refractivity contribution in [2.75, 3.05) is 38.6 Å². The highest BCUT2D eigenvalue weighted by Gasteiger charge is 2.44. The number of benzene rings is 1. The minimum Gasteiger partial charge on any atom is -0.383 e. The van der Waals surface area contributed by atoms with Gasteiger partial charge in [0.05, 0.1) is 18.8 Å². The van der Waals surface area contributed by atoms with Gasteiger partial charge in [0.1, 0.15) is 5.82 Å². The maximum atomic E-state index is 13.1. The summed E-state index contributed by atoms with van der Waals surface area (Å²) in [5.41, 5.74) is 7.60. The van der Waals surface area contributed by atoms with E-state index in [1.54, 1.807) is 6.20 Å². The van der Waals surface area contributed by atoms with Crippen LogP contribution in [0.5, 0.6) is 0 Å². The first-order chi connectivity index (χ1) is 13.2. The summed E-state index contributed by atoms with van der Waals surface area (Å²) in [5, 5.41) is 0. The lowest BCUT2D eigenvalue weighted by Gasteiger charge is -2.51. The molecule has 6 nitrogen and oxygen atoms in total. The Balaban J connectivity index is 1.46. The third-order valence-electron chi connectivity index (χ3n) is 5.78. The highest BCUT2D eigenvalue weighted by Crippen LogP contribution is 2.33. The van der Waals surface area contributed by atoms with E-state index in [1.807, 2.05) is 42.5 Å². The minimum atomic E-state index is -0.206. The first kappa shape index (κ1) is 17.9. The second-order valence-corrected chi connectivity index (χ2v) is 7.42. The number of pyridine rings is 1. The van der Waals surface area contributed by atoms with E-state index in [9.17, 15) is 4.79 Å². The molecule has 1 spiro atoms. The Bertz CT molecular complexity index is 788. The first-order valence-electron chi connectivity index (χ1n) is 9.54. The number of ether oxygens (including phenoxy) is 1. The van der Waals surface area contributed by atoms with Crippen LogP contribution in [0.4, 0.5) is 5.82 Å². The van der Waals surface area contributed by atoms with Gasteiger partial charge in [0.25, 0.3) is 5.91 Å². The number of nitrogens with two attached hydrogens (primary N) is 1. The number of nitrogens with zero attached hydrogens (tertiary/aromatic N) is 3.